The summed E-state index contributed by atoms with van der Waals surface area (Å²) >= 11 is 0. The van der Waals surface area contributed by atoms with Crippen molar-refractivity contribution in [3.63, 3.8) is 0 Å². The Bertz CT molecular complexity index is 1860. The number of aliphatic hydroxyl groups excluding tert-OH is 7. The summed E-state index contributed by atoms with van der Waals surface area (Å²) in [5.74, 6) is -5.72. The number of phosphoric acid groups is 2. The molecule has 10 N–H and O–H groups in total. The van der Waals surface area contributed by atoms with Gasteiger partial charge in [0.2, 0.25) is 0 Å². The van der Waals surface area contributed by atoms with Crippen molar-refractivity contribution in [2.45, 2.75) is 203 Å². The molecule has 0 aromatic heterocycles. The molecule has 1 heterocycles. The van der Waals surface area contributed by atoms with Crippen LogP contribution in [0, 0.1) is 11.8 Å². The molecule has 0 aromatic carbocycles. The van der Waals surface area contributed by atoms with Gasteiger partial charge in [-0.05, 0) is 64.2 Å². The molecule has 1 saturated heterocycles. The summed E-state index contributed by atoms with van der Waals surface area (Å²) < 4.78 is 52.1. The normalized spacial score (nSPS) is 30.9. The lowest BCUT2D eigenvalue weighted by molar-refractivity contribution is -0.166. The van der Waals surface area contributed by atoms with Crippen molar-refractivity contribution in [3.05, 3.63) is 72.9 Å². The third-order valence-electron chi connectivity index (χ3n) is 12.2. The predicted octanol–water partition coefficient (Wildman–Crippen LogP) is 5.96. The molecule has 1 aliphatic carbocycles. The van der Waals surface area contributed by atoms with Gasteiger partial charge in [-0.3, -0.25) is 28.0 Å². The summed E-state index contributed by atoms with van der Waals surface area (Å²) in [5.41, 5.74) is 0. The molecule has 0 spiro atoms. The van der Waals surface area contributed by atoms with Crippen LogP contribution in [0.2, 0.25) is 0 Å². The lowest BCUT2D eigenvalue weighted by Crippen LogP contribution is -2.56. The van der Waals surface area contributed by atoms with E-state index in [0.717, 1.165) is 50.7 Å². The zero-order chi connectivity index (χ0) is 54.2. The first-order valence-electron chi connectivity index (χ1n) is 25.7. The number of ether oxygens (including phenoxy) is 2. The van der Waals surface area contributed by atoms with Gasteiger partial charge in [0.1, 0.15) is 36.8 Å². The number of aliphatic hydroxyl groups is 7. The average Bonchev–Trinajstić information content (AvgIpc) is 3.33. The zero-order valence-corrected chi connectivity index (χ0v) is 44.2. The number of unbranched alkanes of at least 4 members (excludes halogenated alkanes) is 5. The van der Waals surface area contributed by atoms with E-state index in [1.54, 1.807) is 6.08 Å². The molecule has 20 nitrogen and oxygen atoms in total. The molecule has 0 aromatic rings. The molecule has 1 aliphatic heterocycles. The molecule has 2 fully saturated rings. The maximum absolute atomic E-state index is 13.8. The average molecular weight is 1080 g/mol. The molecular weight excluding hydrogens is 994 g/mol. The second-order valence-electron chi connectivity index (χ2n) is 18.5. The number of esters is 2. The zero-order valence-electron chi connectivity index (χ0n) is 42.4. The molecule has 1 saturated carbocycles. The molecule has 2 bridgehead atoms. The number of ketones is 1. The van der Waals surface area contributed by atoms with Crippen molar-refractivity contribution in [3.8, 4) is 0 Å². The number of hydrogen-bond donors (Lipinski definition) is 10. The molecule has 22 heteroatoms. The van der Waals surface area contributed by atoms with Gasteiger partial charge in [0, 0.05) is 43.9 Å². The highest BCUT2D eigenvalue weighted by Gasteiger charge is 2.52. The fourth-order valence-electron chi connectivity index (χ4n) is 8.12. The predicted molar refractivity (Wildman–Crippen MR) is 271 cm³/mol. The van der Waals surface area contributed by atoms with E-state index < -0.39 is 132 Å². The molecule has 2 rings (SSSR count). The first-order chi connectivity index (χ1) is 34.7. The van der Waals surface area contributed by atoms with Gasteiger partial charge in [-0.25, -0.2) is 9.13 Å². The minimum atomic E-state index is -5.83. The smallest absolute Gasteiger partial charge is 0.462 e. The van der Waals surface area contributed by atoms with Crippen molar-refractivity contribution in [2.75, 3.05) is 13.2 Å². The molecule has 73 heavy (non-hydrogen) atoms. The summed E-state index contributed by atoms with van der Waals surface area (Å²) in [4.78, 5) is 70.1. The number of phosphoric ester groups is 2. The Hall–Kier alpha value is -3.01. The highest BCUT2D eigenvalue weighted by molar-refractivity contribution is 7.47. The highest BCUT2D eigenvalue weighted by atomic mass is 31.2. The largest absolute Gasteiger partial charge is 0.472 e. The molecule has 418 valence electrons. The standard InChI is InChI=1S/C51H84O20P2/c1-3-5-7-8-9-10-11-12-13-14-15-16-17-18-19-20-21-22-24-30-45(57)69-39-35-67-44(56)29-26-25-28-38(53)33-41-43(55)34-42(54)40(32-31-37(52)27-23-6-4-2)47(59)50(70-72(62,63)64)51(49(61)48(60)46(41)58)71-73(65,66)68-36-39/h9-10,12-13,15-16,18-19,21-22,31-32,37,39-43,46-52,54-55,58-61H,3-8,11,14,17,20,23-30,33-36H2,1-2H3,(H,65,66)(H2,62,63,64)/b10-9-,13-12-,16-15-,19-18-,22-21-,32-31?/t37-,39+,40-,41-,42+,43-,46+,47+,48-,49+,50+,51-/m0/s1. The van der Waals surface area contributed by atoms with Gasteiger partial charge in [0.15, 0.2) is 6.10 Å². The van der Waals surface area contributed by atoms with Crippen molar-refractivity contribution in [1.82, 2.24) is 0 Å². The number of allylic oxidation sites excluding steroid dienone is 10. The Morgan fingerprint density at radius 2 is 1.33 bits per heavy atom. The molecule has 2 aliphatic rings. The van der Waals surface area contributed by atoms with E-state index in [0.29, 0.717) is 12.8 Å². The molecule has 0 amide bonds. The van der Waals surface area contributed by atoms with E-state index in [4.69, 9.17) is 23.0 Å². The van der Waals surface area contributed by atoms with Crippen LogP contribution in [0.15, 0.2) is 72.9 Å². The number of rotatable bonds is 24. The Kier molecular flexibility index (Phi) is 33.4. The monoisotopic (exact) mass is 1080 g/mol. The number of hydrogen-bond acceptors (Lipinski definition) is 17. The molecule has 0 radical (unpaired) electrons. The fourth-order valence-corrected chi connectivity index (χ4v) is 9.65. The van der Waals surface area contributed by atoms with Gasteiger partial charge in [0.05, 0.1) is 37.1 Å². The van der Waals surface area contributed by atoms with Gasteiger partial charge in [-0.15, -0.1) is 0 Å². The lowest BCUT2D eigenvalue weighted by atomic mass is 9.82. The SMILES string of the molecule is CCCCC/C=C\C/C=C\C/C=C\C/C=C\C/C=C\CCC(=O)O[C@@H]1COC(=O)CCCCC(=O)C[C@@H]2[C@@H](O)[C@H](O)[C@@H](O)[C@H](OP(=O)(O)OC1)[C@H](OP(=O)(O)O)[C@H](O)[C@@H](C=C[C@@H](O)CCCCC)[C@H](O)C[C@@H]2O. The van der Waals surface area contributed by atoms with E-state index in [9.17, 15) is 73.9 Å². The van der Waals surface area contributed by atoms with Gasteiger partial charge >= 0.3 is 27.6 Å². The fraction of sp³-hybridized carbons (Fsp3) is 0.706. The molecule has 1 unspecified atom stereocenters. The molecular formula is C51H84O20P2. The van der Waals surface area contributed by atoms with Crippen LogP contribution >= 0.6 is 15.6 Å². The van der Waals surface area contributed by atoms with Crippen LogP contribution in [0.1, 0.15) is 142 Å². The number of cyclic esters (lactones) is 1. The Morgan fingerprint density at radius 3 is 1.93 bits per heavy atom. The summed E-state index contributed by atoms with van der Waals surface area (Å²) in [7, 11) is -11.6. The second kappa shape index (κ2) is 36.9. The van der Waals surface area contributed by atoms with Gasteiger partial charge < -0.3 is 59.9 Å². The topological polar surface area (TPSA) is 334 Å². The van der Waals surface area contributed by atoms with E-state index in [1.807, 2.05) is 25.2 Å². The Balaban J connectivity index is 2.33. The summed E-state index contributed by atoms with van der Waals surface area (Å²) in [6.07, 6.45) is 9.02. The number of carbonyl (C=O) groups is 3. The van der Waals surface area contributed by atoms with E-state index in [-0.39, 0.29) is 44.9 Å². The number of carbonyl (C=O) groups excluding carboxylic acids is 3. The first kappa shape index (κ1) is 66.1. The summed E-state index contributed by atoms with van der Waals surface area (Å²) in [6, 6.07) is 0. The van der Waals surface area contributed by atoms with E-state index in [1.165, 1.54) is 19.3 Å². The minimum absolute atomic E-state index is 0.1000. The van der Waals surface area contributed by atoms with E-state index in [2.05, 4.69) is 43.4 Å². The second-order valence-corrected chi connectivity index (χ2v) is 21.1. The van der Waals surface area contributed by atoms with Crippen molar-refractivity contribution in [1.29, 1.82) is 0 Å². The maximum Gasteiger partial charge on any atom is 0.472 e. The van der Waals surface area contributed by atoms with Crippen LogP contribution in [0.4, 0.5) is 0 Å². The highest BCUT2D eigenvalue weighted by Crippen LogP contribution is 2.50. The van der Waals surface area contributed by atoms with Crippen molar-refractivity contribution >= 4 is 33.4 Å². The van der Waals surface area contributed by atoms with E-state index >= 15 is 0 Å². The van der Waals surface area contributed by atoms with Crippen molar-refractivity contribution in [2.24, 2.45) is 11.8 Å². The summed E-state index contributed by atoms with van der Waals surface area (Å²) in [6.45, 7) is 2.37. The minimum Gasteiger partial charge on any atom is -0.462 e. The van der Waals surface area contributed by atoms with Crippen LogP contribution in [-0.4, -0.2) is 142 Å². The Morgan fingerprint density at radius 1 is 0.753 bits per heavy atom. The first-order valence-corrected chi connectivity index (χ1v) is 28.7. The molecule has 13 atom stereocenters. The lowest BCUT2D eigenvalue weighted by Gasteiger charge is -2.38. The summed E-state index contributed by atoms with van der Waals surface area (Å²) in [5, 5.41) is 79.8. The van der Waals surface area contributed by atoms with Gasteiger partial charge in [0.25, 0.3) is 0 Å². The maximum atomic E-state index is 13.8. The Labute approximate surface area is 430 Å². The van der Waals surface area contributed by atoms with Gasteiger partial charge in [-0.1, -0.05) is 119 Å². The van der Waals surface area contributed by atoms with Crippen LogP contribution < -0.4 is 0 Å². The number of fused-ring (bicyclic) bond motifs is 4. The number of Topliss-reactive ketones (excluding diaryl/α,β-unsaturated/α-hetero) is 1. The van der Waals surface area contributed by atoms with Crippen LogP contribution in [0.5, 0.6) is 0 Å². The van der Waals surface area contributed by atoms with Crippen LogP contribution in [-0.2, 0) is 46.6 Å². The quantitative estimate of drug-likeness (QED) is 0.0231. The van der Waals surface area contributed by atoms with Crippen LogP contribution in [0.25, 0.3) is 0 Å². The van der Waals surface area contributed by atoms with Crippen LogP contribution in [0.3, 0.4) is 0 Å². The van der Waals surface area contributed by atoms with Gasteiger partial charge in [-0.2, -0.15) is 0 Å². The third-order valence-corrected chi connectivity index (χ3v) is 13.7. The third kappa shape index (κ3) is 28.6. The van der Waals surface area contributed by atoms with Crippen molar-refractivity contribution < 1.29 is 97.0 Å².